The van der Waals surface area contributed by atoms with Gasteiger partial charge in [-0.05, 0) is 24.3 Å². The number of thioether (sulfide) groups is 1. The van der Waals surface area contributed by atoms with Crippen LogP contribution in [-0.4, -0.2) is 84.1 Å². The summed E-state index contributed by atoms with van der Waals surface area (Å²) in [5, 5.41) is 21.4. The molecule has 0 amide bonds. The van der Waals surface area contributed by atoms with Crippen LogP contribution < -0.4 is 4.74 Å². The number of nitrogens with one attached hydrogen (secondary N) is 1. The number of benzene rings is 1. The summed E-state index contributed by atoms with van der Waals surface area (Å²) in [6, 6.07) is 7.52. The zero-order valence-corrected chi connectivity index (χ0v) is 19.5. The van der Waals surface area contributed by atoms with E-state index in [2.05, 4.69) is 4.98 Å². The number of aliphatic hydroxyl groups excluding tert-OH is 1. The molecule has 1 aromatic heterocycles. The molecule has 2 N–H and O–H groups in total. The maximum Gasteiger partial charge on any atom is 0.215 e. The Morgan fingerprint density at radius 1 is 1.23 bits per heavy atom. The van der Waals surface area contributed by atoms with Crippen molar-refractivity contribution in [2.75, 3.05) is 50.5 Å². The van der Waals surface area contributed by atoms with Crippen molar-refractivity contribution in [3.63, 3.8) is 0 Å². The molecule has 2 aliphatic rings. The Labute approximate surface area is 190 Å². The van der Waals surface area contributed by atoms with E-state index >= 15 is 0 Å². The van der Waals surface area contributed by atoms with E-state index in [1.54, 1.807) is 23.8 Å². The third kappa shape index (κ3) is 4.74. The number of ether oxygens (including phenoxy) is 1. The largest absolute Gasteiger partial charge is 0.510 e. The summed E-state index contributed by atoms with van der Waals surface area (Å²) in [6.45, 7) is 1.35. The van der Waals surface area contributed by atoms with E-state index < -0.39 is 10.0 Å². The second-order valence-electron chi connectivity index (χ2n) is 7.19. The lowest BCUT2D eigenvalue weighted by Gasteiger charge is -2.27. The van der Waals surface area contributed by atoms with E-state index in [1.807, 2.05) is 29.6 Å². The summed E-state index contributed by atoms with van der Waals surface area (Å²) < 4.78 is 31.9. The SMILES string of the molecule is COc1ccc(-c2csc(C3=C(O)CN(CCS(=O)(=O)N4CCSCC4)C3=N)n2)cc1. The second kappa shape index (κ2) is 9.19. The topological polar surface area (TPSA) is 107 Å². The third-order valence-electron chi connectivity index (χ3n) is 5.27. The minimum Gasteiger partial charge on any atom is -0.510 e. The molecule has 2 aliphatic heterocycles. The molecule has 0 bridgehead atoms. The molecule has 8 nitrogen and oxygen atoms in total. The number of hydrogen-bond acceptors (Lipinski definition) is 8. The van der Waals surface area contributed by atoms with Crippen LogP contribution in [0.15, 0.2) is 35.4 Å². The smallest absolute Gasteiger partial charge is 0.215 e. The van der Waals surface area contributed by atoms with E-state index in [9.17, 15) is 13.5 Å². The first-order valence-electron chi connectivity index (χ1n) is 9.81. The zero-order chi connectivity index (χ0) is 22.0. The molecule has 4 rings (SSSR count). The summed E-state index contributed by atoms with van der Waals surface area (Å²) in [7, 11) is -1.76. The molecule has 0 spiro atoms. The van der Waals surface area contributed by atoms with Crippen molar-refractivity contribution < 1.29 is 18.3 Å². The highest BCUT2D eigenvalue weighted by molar-refractivity contribution is 7.99. The lowest BCUT2D eigenvalue weighted by Crippen LogP contribution is -2.42. The third-order valence-corrected chi connectivity index (χ3v) is 8.92. The van der Waals surface area contributed by atoms with Gasteiger partial charge < -0.3 is 14.7 Å². The van der Waals surface area contributed by atoms with Gasteiger partial charge >= 0.3 is 0 Å². The number of aromatic nitrogens is 1. The minimum absolute atomic E-state index is 0.0485. The Hall–Kier alpha value is -2.08. The summed E-state index contributed by atoms with van der Waals surface area (Å²) in [6.07, 6.45) is 0. The fraction of sp³-hybridized carbons (Fsp3) is 0.400. The monoisotopic (exact) mass is 480 g/mol. The number of methoxy groups -OCH3 is 1. The Bertz CT molecular complexity index is 1090. The molecule has 11 heteroatoms. The van der Waals surface area contributed by atoms with Gasteiger partial charge in [0.1, 0.15) is 22.4 Å². The quantitative estimate of drug-likeness (QED) is 0.627. The van der Waals surface area contributed by atoms with Crippen LogP contribution in [-0.2, 0) is 10.0 Å². The summed E-state index contributed by atoms with van der Waals surface area (Å²) >= 11 is 3.11. The first-order chi connectivity index (χ1) is 14.9. The number of nitrogens with zero attached hydrogens (tertiary/aromatic N) is 3. The number of hydrogen-bond donors (Lipinski definition) is 2. The van der Waals surface area contributed by atoms with Crippen LogP contribution in [0.5, 0.6) is 5.75 Å². The van der Waals surface area contributed by atoms with Gasteiger partial charge in [-0.2, -0.15) is 11.8 Å². The average molecular weight is 481 g/mol. The summed E-state index contributed by atoms with van der Waals surface area (Å²) in [5.74, 6) is 2.46. The van der Waals surface area contributed by atoms with Crippen LogP contribution in [0.25, 0.3) is 16.8 Å². The van der Waals surface area contributed by atoms with Crippen molar-refractivity contribution in [2.45, 2.75) is 0 Å². The Morgan fingerprint density at radius 3 is 2.61 bits per heavy atom. The van der Waals surface area contributed by atoms with E-state index in [0.717, 1.165) is 28.5 Å². The van der Waals surface area contributed by atoms with Crippen LogP contribution in [0.2, 0.25) is 0 Å². The minimum atomic E-state index is -3.37. The lowest BCUT2D eigenvalue weighted by atomic mass is 10.1. The highest BCUT2D eigenvalue weighted by Crippen LogP contribution is 2.32. The predicted octanol–water partition coefficient (Wildman–Crippen LogP) is 2.76. The lowest BCUT2D eigenvalue weighted by molar-refractivity contribution is 0.355. The van der Waals surface area contributed by atoms with Crippen molar-refractivity contribution in [1.82, 2.24) is 14.2 Å². The number of amidine groups is 1. The van der Waals surface area contributed by atoms with Crippen molar-refractivity contribution >= 4 is 44.5 Å². The Balaban J connectivity index is 1.44. The van der Waals surface area contributed by atoms with Crippen LogP contribution >= 0.6 is 23.1 Å². The highest BCUT2D eigenvalue weighted by atomic mass is 32.2. The van der Waals surface area contributed by atoms with Gasteiger partial charge in [-0.25, -0.2) is 17.7 Å². The van der Waals surface area contributed by atoms with Gasteiger partial charge in [-0.3, -0.25) is 5.41 Å². The zero-order valence-electron chi connectivity index (χ0n) is 17.1. The van der Waals surface area contributed by atoms with Crippen LogP contribution in [0, 0.1) is 5.41 Å². The van der Waals surface area contributed by atoms with Crippen molar-refractivity contribution in [3.8, 4) is 17.0 Å². The Morgan fingerprint density at radius 2 is 1.94 bits per heavy atom. The van der Waals surface area contributed by atoms with Gasteiger partial charge in [0.2, 0.25) is 10.0 Å². The van der Waals surface area contributed by atoms with E-state index in [0.29, 0.717) is 23.7 Å². The van der Waals surface area contributed by atoms with Gasteiger partial charge in [0, 0.05) is 42.1 Å². The van der Waals surface area contributed by atoms with Gasteiger partial charge in [-0.1, -0.05) is 0 Å². The molecule has 1 fully saturated rings. The van der Waals surface area contributed by atoms with E-state index in [4.69, 9.17) is 10.1 Å². The molecule has 1 aromatic carbocycles. The normalized spacial score (nSPS) is 18.1. The maximum absolute atomic E-state index is 12.6. The number of thiazole rings is 1. The summed E-state index contributed by atoms with van der Waals surface area (Å²) in [5.41, 5.74) is 2.03. The second-order valence-corrected chi connectivity index (χ2v) is 11.4. The number of sulfonamides is 1. The van der Waals surface area contributed by atoms with E-state index in [-0.39, 0.29) is 30.4 Å². The maximum atomic E-state index is 12.6. The van der Waals surface area contributed by atoms with Gasteiger partial charge in [0.15, 0.2) is 0 Å². The molecule has 1 saturated heterocycles. The first-order valence-corrected chi connectivity index (χ1v) is 13.5. The molecule has 0 aliphatic carbocycles. The van der Waals surface area contributed by atoms with Gasteiger partial charge in [-0.15, -0.1) is 11.3 Å². The predicted molar refractivity (Wildman–Crippen MR) is 126 cm³/mol. The fourth-order valence-electron chi connectivity index (χ4n) is 3.51. The van der Waals surface area contributed by atoms with Gasteiger partial charge in [0.25, 0.3) is 0 Å². The standard InChI is InChI=1S/C20H24N4O4S3/c1-28-15-4-2-14(3-5-15)16-13-30-20(22-16)18-17(25)12-23(19(18)21)8-11-31(26,27)24-6-9-29-10-7-24/h2-5,13,21,25H,6-12H2,1H3. The van der Waals surface area contributed by atoms with Crippen molar-refractivity contribution in [2.24, 2.45) is 0 Å². The van der Waals surface area contributed by atoms with Crippen LogP contribution in [0.4, 0.5) is 0 Å². The number of aliphatic hydroxyl groups is 1. The molecule has 166 valence electrons. The fourth-order valence-corrected chi connectivity index (χ4v) is 6.99. The molecular formula is C20H24N4O4S3. The van der Waals surface area contributed by atoms with Crippen molar-refractivity contribution in [1.29, 1.82) is 5.41 Å². The molecule has 31 heavy (non-hydrogen) atoms. The molecule has 0 saturated carbocycles. The average Bonchev–Trinajstić information content (AvgIpc) is 3.37. The number of rotatable bonds is 7. The molecule has 0 radical (unpaired) electrons. The van der Waals surface area contributed by atoms with Gasteiger partial charge in [0.05, 0.1) is 30.7 Å². The first kappa shape index (κ1) is 22.1. The van der Waals surface area contributed by atoms with Crippen molar-refractivity contribution in [3.05, 3.63) is 40.4 Å². The highest BCUT2D eigenvalue weighted by Gasteiger charge is 2.32. The van der Waals surface area contributed by atoms with Crippen LogP contribution in [0.3, 0.4) is 0 Å². The molecule has 0 unspecified atom stereocenters. The van der Waals surface area contributed by atoms with E-state index in [1.165, 1.54) is 15.6 Å². The molecule has 3 heterocycles. The molecule has 0 atom stereocenters. The Kier molecular flexibility index (Phi) is 6.56. The molecular weight excluding hydrogens is 456 g/mol. The summed E-state index contributed by atoms with van der Waals surface area (Å²) in [4.78, 5) is 6.19. The van der Waals surface area contributed by atoms with Crippen LogP contribution in [0.1, 0.15) is 5.01 Å². The molecule has 2 aromatic rings.